The zero-order valence-electron chi connectivity index (χ0n) is 18.1. The van der Waals surface area contributed by atoms with Gasteiger partial charge in [-0.25, -0.2) is 0 Å². The normalized spacial score (nSPS) is 12.5. The van der Waals surface area contributed by atoms with Crippen LogP contribution in [0.25, 0.3) is 10.9 Å². The van der Waals surface area contributed by atoms with Crippen LogP contribution in [0.15, 0.2) is 60.7 Å². The van der Waals surface area contributed by atoms with Crippen LogP contribution in [-0.2, 0) is 11.0 Å². The van der Waals surface area contributed by atoms with Gasteiger partial charge in [0.25, 0.3) is 0 Å². The van der Waals surface area contributed by atoms with Crippen molar-refractivity contribution in [3.05, 3.63) is 81.8 Å². The van der Waals surface area contributed by atoms with Crippen molar-refractivity contribution >= 4 is 57.2 Å². The molecule has 182 valence electrons. The van der Waals surface area contributed by atoms with Crippen molar-refractivity contribution in [3.63, 3.8) is 0 Å². The van der Waals surface area contributed by atoms with E-state index in [2.05, 4.69) is 20.8 Å². The third-order valence-corrected chi connectivity index (χ3v) is 6.14. The molecule has 0 fully saturated rings. The van der Waals surface area contributed by atoms with Crippen molar-refractivity contribution in [2.75, 3.05) is 17.2 Å². The van der Waals surface area contributed by atoms with Gasteiger partial charge in [0.15, 0.2) is 5.82 Å². The van der Waals surface area contributed by atoms with Crippen molar-refractivity contribution in [2.24, 2.45) is 5.73 Å². The van der Waals surface area contributed by atoms with E-state index in [0.29, 0.717) is 44.4 Å². The van der Waals surface area contributed by atoms with Crippen LogP contribution < -0.4 is 16.4 Å². The molecule has 0 aliphatic heterocycles. The molecular formula is C24H20Cl2F3N5O. The van der Waals surface area contributed by atoms with E-state index >= 15 is 0 Å². The third kappa shape index (κ3) is 5.70. The Bertz CT molecular complexity index is 1370. The van der Waals surface area contributed by atoms with E-state index in [1.807, 2.05) is 0 Å². The molecule has 4 rings (SSSR count). The molecular weight excluding hydrogens is 502 g/mol. The summed E-state index contributed by atoms with van der Waals surface area (Å²) in [5.74, 6) is -0.528. The highest BCUT2D eigenvalue weighted by molar-refractivity contribution is 6.42. The first-order valence-corrected chi connectivity index (χ1v) is 11.3. The highest BCUT2D eigenvalue weighted by atomic mass is 35.5. The molecule has 3 aromatic carbocycles. The average molecular weight is 522 g/mol. The Hall–Kier alpha value is -3.27. The van der Waals surface area contributed by atoms with Gasteiger partial charge in [0.05, 0.1) is 27.0 Å². The maximum absolute atomic E-state index is 13.1. The lowest BCUT2D eigenvalue weighted by Crippen LogP contribution is -2.23. The maximum atomic E-state index is 13.1. The molecule has 1 unspecified atom stereocenters. The second-order valence-electron chi connectivity index (χ2n) is 7.83. The van der Waals surface area contributed by atoms with Gasteiger partial charge in [-0.2, -0.15) is 18.3 Å². The highest BCUT2D eigenvalue weighted by Crippen LogP contribution is 2.33. The molecule has 0 aliphatic rings. The summed E-state index contributed by atoms with van der Waals surface area (Å²) in [7, 11) is 0. The number of H-pyrrole nitrogens is 1. The fourth-order valence-electron chi connectivity index (χ4n) is 3.67. The molecule has 11 heteroatoms. The lowest BCUT2D eigenvalue weighted by molar-refractivity contribution is -0.137. The number of halogens is 5. The Morgan fingerprint density at radius 2 is 1.83 bits per heavy atom. The zero-order valence-corrected chi connectivity index (χ0v) is 19.6. The molecule has 0 aliphatic carbocycles. The van der Waals surface area contributed by atoms with Gasteiger partial charge in [0.2, 0.25) is 5.91 Å². The molecule has 0 saturated heterocycles. The second kappa shape index (κ2) is 10.2. The molecule has 5 N–H and O–H groups in total. The standard InChI is InChI=1S/C24H20Cl2F3N5O/c25-19-6-4-13(10-20(19)26)17(8-9-30)23(35)32-16-5-7-21-18(12-16)22(34-33-21)31-15-3-1-2-14(11-15)24(27,28)29/h1-7,10-12,17H,8-9,30H2,(H,32,35)(H2,31,33,34). The predicted octanol–water partition coefficient (Wildman–Crippen LogP) is 6.70. The quantitative estimate of drug-likeness (QED) is 0.217. The number of hydrogen-bond acceptors (Lipinski definition) is 4. The number of benzene rings is 3. The summed E-state index contributed by atoms with van der Waals surface area (Å²) < 4.78 is 39.1. The topological polar surface area (TPSA) is 95.8 Å². The first-order valence-electron chi connectivity index (χ1n) is 10.5. The van der Waals surface area contributed by atoms with Gasteiger partial charge in [-0.05, 0) is 67.1 Å². The van der Waals surface area contributed by atoms with Gasteiger partial charge in [-0.1, -0.05) is 35.3 Å². The summed E-state index contributed by atoms with van der Waals surface area (Å²) in [4.78, 5) is 13.1. The van der Waals surface area contributed by atoms with Crippen molar-refractivity contribution < 1.29 is 18.0 Å². The number of carbonyl (C=O) groups excluding carboxylic acids is 1. The SMILES string of the molecule is NCCC(C(=O)Nc1ccc2[nH]nc(Nc3cccc(C(F)(F)F)c3)c2c1)c1ccc(Cl)c(Cl)c1. The first-order chi connectivity index (χ1) is 16.7. The van der Waals surface area contributed by atoms with E-state index in [9.17, 15) is 18.0 Å². The minimum absolute atomic E-state index is 0.227. The smallest absolute Gasteiger partial charge is 0.338 e. The van der Waals surface area contributed by atoms with Crippen molar-refractivity contribution in [1.29, 1.82) is 0 Å². The Labute approximate surface area is 208 Å². The van der Waals surface area contributed by atoms with E-state index < -0.39 is 17.7 Å². The number of nitrogens with zero attached hydrogens (tertiary/aromatic N) is 1. The average Bonchev–Trinajstić information content (AvgIpc) is 3.21. The van der Waals surface area contributed by atoms with Gasteiger partial charge < -0.3 is 16.4 Å². The molecule has 0 spiro atoms. The lowest BCUT2D eigenvalue weighted by atomic mass is 9.94. The summed E-state index contributed by atoms with van der Waals surface area (Å²) in [5, 5.41) is 14.1. The van der Waals surface area contributed by atoms with Crippen LogP contribution in [0.1, 0.15) is 23.5 Å². The third-order valence-electron chi connectivity index (χ3n) is 5.40. The van der Waals surface area contributed by atoms with E-state index in [1.165, 1.54) is 12.1 Å². The number of fused-ring (bicyclic) bond motifs is 1. The minimum atomic E-state index is -4.46. The van der Waals surface area contributed by atoms with Gasteiger partial charge in [-0.15, -0.1) is 0 Å². The molecule has 1 aromatic heterocycles. The van der Waals surface area contributed by atoms with Crippen molar-refractivity contribution in [2.45, 2.75) is 18.5 Å². The van der Waals surface area contributed by atoms with Gasteiger partial charge >= 0.3 is 6.18 Å². The Kier molecular flexibility index (Phi) is 7.20. The van der Waals surface area contributed by atoms with Crippen molar-refractivity contribution in [1.82, 2.24) is 10.2 Å². The van der Waals surface area contributed by atoms with E-state index in [0.717, 1.165) is 12.1 Å². The monoisotopic (exact) mass is 521 g/mol. The molecule has 0 bridgehead atoms. The molecule has 35 heavy (non-hydrogen) atoms. The van der Waals surface area contributed by atoms with Crippen LogP contribution in [0, 0.1) is 0 Å². The van der Waals surface area contributed by atoms with Crippen LogP contribution in [-0.4, -0.2) is 22.6 Å². The van der Waals surface area contributed by atoms with Crippen LogP contribution in [0.2, 0.25) is 10.0 Å². The minimum Gasteiger partial charge on any atom is -0.338 e. The molecule has 0 saturated carbocycles. The lowest BCUT2D eigenvalue weighted by Gasteiger charge is -2.17. The summed E-state index contributed by atoms with van der Waals surface area (Å²) >= 11 is 12.1. The number of aromatic amines is 1. The van der Waals surface area contributed by atoms with Gasteiger partial charge in [0, 0.05) is 16.8 Å². The molecule has 1 atom stereocenters. The molecule has 4 aromatic rings. The fraction of sp³-hybridized carbons (Fsp3) is 0.167. The van der Waals surface area contributed by atoms with Gasteiger partial charge in [0.1, 0.15) is 0 Å². The summed E-state index contributed by atoms with van der Waals surface area (Å²) in [6.07, 6.45) is -4.07. The van der Waals surface area contributed by atoms with Gasteiger partial charge in [-0.3, -0.25) is 9.89 Å². The summed E-state index contributed by atoms with van der Waals surface area (Å²) in [6.45, 7) is 0.282. The summed E-state index contributed by atoms with van der Waals surface area (Å²) in [6, 6.07) is 14.9. The van der Waals surface area contributed by atoms with Crippen LogP contribution in [0.3, 0.4) is 0 Å². The fourth-order valence-corrected chi connectivity index (χ4v) is 3.98. The molecule has 6 nitrogen and oxygen atoms in total. The largest absolute Gasteiger partial charge is 0.416 e. The number of hydrogen-bond donors (Lipinski definition) is 4. The number of amides is 1. The van der Waals surface area contributed by atoms with Crippen LogP contribution in [0.4, 0.5) is 30.4 Å². The zero-order chi connectivity index (χ0) is 25.2. The number of aromatic nitrogens is 2. The summed E-state index contributed by atoms with van der Waals surface area (Å²) in [5.41, 5.74) is 6.98. The number of carbonyl (C=O) groups is 1. The number of rotatable bonds is 7. The molecule has 1 heterocycles. The molecule has 0 radical (unpaired) electrons. The van der Waals surface area contributed by atoms with E-state index in [4.69, 9.17) is 28.9 Å². The molecule has 1 amide bonds. The number of anilines is 3. The number of alkyl halides is 3. The first kappa shape index (κ1) is 24.8. The number of nitrogens with two attached hydrogens (primary N) is 1. The second-order valence-corrected chi connectivity index (χ2v) is 8.64. The van der Waals surface area contributed by atoms with Crippen LogP contribution in [0.5, 0.6) is 0 Å². The van der Waals surface area contributed by atoms with Crippen LogP contribution >= 0.6 is 23.2 Å². The Morgan fingerprint density at radius 1 is 1.03 bits per heavy atom. The number of nitrogens with one attached hydrogen (secondary N) is 3. The van der Waals surface area contributed by atoms with E-state index in [1.54, 1.807) is 36.4 Å². The Morgan fingerprint density at radius 3 is 2.54 bits per heavy atom. The predicted molar refractivity (Wildman–Crippen MR) is 132 cm³/mol. The Balaban J connectivity index is 1.58. The highest BCUT2D eigenvalue weighted by Gasteiger charge is 2.30. The van der Waals surface area contributed by atoms with E-state index in [-0.39, 0.29) is 18.1 Å². The van der Waals surface area contributed by atoms with Crippen molar-refractivity contribution in [3.8, 4) is 0 Å². The maximum Gasteiger partial charge on any atom is 0.416 e.